The molecule has 350 valence electrons. The quantitative estimate of drug-likeness (QED) is 0.106. The van der Waals surface area contributed by atoms with E-state index in [0.29, 0.717) is 87.1 Å². The number of piperazine rings is 1. The summed E-state index contributed by atoms with van der Waals surface area (Å²) >= 11 is 6.62. The number of benzene rings is 2. The number of aromatic amines is 1. The average Bonchev–Trinajstić information content (AvgIpc) is 3.93. The highest BCUT2D eigenvalue weighted by atomic mass is 35.5. The van der Waals surface area contributed by atoms with Gasteiger partial charge in [-0.25, -0.2) is 9.97 Å². The summed E-state index contributed by atoms with van der Waals surface area (Å²) in [7, 11) is 1.35. The third-order valence-corrected chi connectivity index (χ3v) is 12.5. The number of methoxy groups -OCH3 is 1. The third kappa shape index (κ3) is 11.2. The first-order valence-corrected chi connectivity index (χ1v) is 22.1. The molecule has 5 atom stereocenters. The normalized spacial score (nSPS) is 20.7. The molecule has 7 rings (SSSR count). The van der Waals surface area contributed by atoms with Gasteiger partial charge in [0, 0.05) is 75.8 Å². The van der Waals surface area contributed by atoms with Crippen molar-refractivity contribution in [2.24, 2.45) is 17.3 Å². The van der Waals surface area contributed by atoms with Gasteiger partial charge in [0.1, 0.15) is 17.4 Å². The number of nitrogens with one attached hydrogen (secondary N) is 3. The number of imidazole rings is 1. The molecule has 65 heavy (non-hydrogen) atoms. The van der Waals surface area contributed by atoms with Gasteiger partial charge in [-0.1, -0.05) is 63.6 Å². The van der Waals surface area contributed by atoms with Crippen molar-refractivity contribution < 1.29 is 46.9 Å². The van der Waals surface area contributed by atoms with E-state index < -0.39 is 35.9 Å². The number of H-pyrrole nitrogens is 1. The number of aromatic nitrogens is 3. The summed E-state index contributed by atoms with van der Waals surface area (Å²) in [5.74, 6) is 0.00549. The van der Waals surface area contributed by atoms with Crippen LogP contribution < -0.4 is 20.3 Å². The number of alkyl halides is 3. The Morgan fingerprint density at radius 3 is 2.31 bits per heavy atom. The van der Waals surface area contributed by atoms with Crippen LogP contribution in [0.2, 0.25) is 5.02 Å². The maximum Gasteiger partial charge on any atom is 0.573 e. The highest BCUT2D eigenvalue weighted by Gasteiger charge is 2.42. The average molecular weight is 925 g/mol. The number of aliphatic hydroxyl groups excluding tert-OH is 1. The van der Waals surface area contributed by atoms with E-state index in [9.17, 15) is 32.7 Å². The third-order valence-electron chi connectivity index (χ3n) is 12.2. The second kappa shape index (κ2) is 19.7. The molecule has 1 unspecified atom stereocenters. The summed E-state index contributed by atoms with van der Waals surface area (Å²) in [6.07, 6.45) is -1.38. The van der Waals surface area contributed by atoms with Gasteiger partial charge in [-0.3, -0.25) is 19.7 Å². The highest BCUT2D eigenvalue weighted by Crippen LogP contribution is 2.41. The number of carbonyl (C=O) groups excluding carboxylic acids is 3. The van der Waals surface area contributed by atoms with Gasteiger partial charge in [0.25, 0.3) is 5.91 Å². The molecular weight excluding hydrogens is 869 g/mol. The van der Waals surface area contributed by atoms with Crippen LogP contribution in [0.5, 0.6) is 5.75 Å². The first-order valence-electron chi connectivity index (χ1n) is 21.7. The van der Waals surface area contributed by atoms with Crippen LogP contribution in [0.3, 0.4) is 0 Å². The number of rotatable bonds is 12. The van der Waals surface area contributed by atoms with Gasteiger partial charge in [0.2, 0.25) is 18.2 Å². The molecule has 0 aliphatic carbocycles. The summed E-state index contributed by atoms with van der Waals surface area (Å²) < 4.78 is 56.5. The molecule has 3 aliphatic heterocycles. The van der Waals surface area contributed by atoms with Crippen LogP contribution in [0.25, 0.3) is 22.4 Å². The molecule has 3 aliphatic rings. The number of carbonyl (C=O) groups is 3. The second-order valence-electron chi connectivity index (χ2n) is 18.1. The molecule has 3 saturated heterocycles. The number of pyridine rings is 1. The number of halogens is 4. The zero-order chi connectivity index (χ0) is 46.8. The molecule has 15 nitrogen and oxygen atoms in total. The summed E-state index contributed by atoms with van der Waals surface area (Å²) in [5.41, 5.74) is 1.26. The number of hydrogen-bond donors (Lipinski definition) is 4. The molecule has 19 heteroatoms. The van der Waals surface area contributed by atoms with E-state index in [1.54, 1.807) is 47.5 Å². The van der Waals surface area contributed by atoms with Crippen LogP contribution in [0.1, 0.15) is 76.1 Å². The SMILES string of the molecule is COC(O)N[C@H](C(=O)N1C[C@@H](C)C[C@H]1c1ncc(-c2ccc(-c3cc(Cl)c(NC(=O)c4ccc(N5CCN(C(=O)C(C)(C)C)C[C@H]5C)nc4)cc3OC(F)(F)F)cc2)[nH]1)C1CCOCC1. The van der Waals surface area contributed by atoms with Gasteiger partial charge < -0.3 is 44.3 Å². The van der Waals surface area contributed by atoms with Gasteiger partial charge >= 0.3 is 6.36 Å². The smallest absolute Gasteiger partial charge is 0.405 e. The van der Waals surface area contributed by atoms with Crippen molar-refractivity contribution in [2.45, 2.75) is 84.8 Å². The lowest BCUT2D eigenvalue weighted by atomic mass is 9.90. The Labute approximate surface area is 381 Å². The molecule has 0 radical (unpaired) electrons. The summed E-state index contributed by atoms with van der Waals surface area (Å²) in [5, 5.41) is 15.8. The number of aliphatic hydroxyl groups is 1. The molecule has 5 heterocycles. The van der Waals surface area contributed by atoms with E-state index in [0.717, 1.165) is 6.07 Å². The first kappa shape index (κ1) is 47.7. The van der Waals surface area contributed by atoms with Gasteiger partial charge in [0.15, 0.2) is 0 Å². The number of ether oxygens (including phenoxy) is 3. The van der Waals surface area contributed by atoms with Gasteiger partial charge in [-0.2, -0.15) is 0 Å². The van der Waals surface area contributed by atoms with Gasteiger partial charge in [0.05, 0.1) is 40.2 Å². The number of amides is 3. The molecule has 4 N–H and O–H groups in total. The zero-order valence-electron chi connectivity index (χ0n) is 37.2. The summed E-state index contributed by atoms with van der Waals surface area (Å²) in [6, 6.07) is 11.2. The minimum Gasteiger partial charge on any atom is -0.405 e. The van der Waals surface area contributed by atoms with Crippen LogP contribution in [0.4, 0.5) is 24.7 Å². The monoisotopic (exact) mass is 924 g/mol. The Morgan fingerprint density at radius 2 is 1.68 bits per heavy atom. The van der Waals surface area contributed by atoms with Crippen molar-refractivity contribution in [3.05, 3.63) is 77.3 Å². The van der Waals surface area contributed by atoms with Crippen molar-refractivity contribution in [2.75, 3.05) is 56.7 Å². The Hall–Kier alpha value is -5.27. The molecular formula is C46H56ClF3N8O7. The van der Waals surface area contributed by atoms with Gasteiger partial charge in [-0.05, 0) is 67.3 Å². The van der Waals surface area contributed by atoms with Crippen LogP contribution in [-0.4, -0.2) is 119 Å². The fourth-order valence-corrected chi connectivity index (χ4v) is 9.03. The summed E-state index contributed by atoms with van der Waals surface area (Å²) in [4.78, 5) is 58.6. The first-order chi connectivity index (χ1) is 30.8. The molecule has 0 saturated carbocycles. The Morgan fingerprint density at radius 1 is 0.969 bits per heavy atom. The van der Waals surface area contributed by atoms with E-state index in [2.05, 4.69) is 42.1 Å². The number of hydrogen-bond acceptors (Lipinski definition) is 11. The topological polar surface area (TPSA) is 174 Å². The van der Waals surface area contributed by atoms with Gasteiger partial charge in [-0.15, -0.1) is 13.2 Å². The maximum atomic E-state index is 14.2. The van der Waals surface area contributed by atoms with E-state index in [1.807, 2.05) is 32.6 Å². The molecule has 3 fully saturated rings. The lowest BCUT2D eigenvalue weighted by Gasteiger charge is -2.42. The van der Waals surface area contributed by atoms with E-state index in [-0.39, 0.29) is 57.6 Å². The molecule has 0 bridgehead atoms. The van der Waals surface area contributed by atoms with Crippen LogP contribution in [-0.2, 0) is 19.1 Å². The molecule has 4 aromatic rings. The Kier molecular flexibility index (Phi) is 14.4. The maximum absolute atomic E-state index is 14.2. The lowest BCUT2D eigenvalue weighted by molar-refractivity contribution is -0.274. The van der Waals surface area contributed by atoms with Crippen molar-refractivity contribution in [3.63, 3.8) is 0 Å². The Balaban J connectivity index is 1.05. The predicted molar refractivity (Wildman–Crippen MR) is 238 cm³/mol. The van der Waals surface area contributed by atoms with Crippen molar-refractivity contribution in [1.82, 2.24) is 30.1 Å². The van der Waals surface area contributed by atoms with E-state index >= 15 is 0 Å². The zero-order valence-corrected chi connectivity index (χ0v) is 38.0. The second-order valence-corrected chi connectivity index (χ2v) is 18.5. The van der Waals surface area contributed by atoms with Crippen molar-refractivity contribution in [1.29, 1.82) is 0 Å². The minimum absolute atomic E-state index is 0.0258. The van der Waals surface area contributed by atoms with Crippen LogP contribution in [0.15, 0.2) is 60.9 Å². The van der Waals surface area contributed by atoms with Crippen LogP contribution in [0, 0.1) is 17.3 Å². The van der Waals surface area contributed by atoms with E-state index in [1.165, 1.54) is 19.4 Å². The lowest BCUT2D eigenvalue weighted by Crippen LogP contribution is -2.56. The predicted octanol–water partition coefficient (Wildman–Crippen LogP) is 7.24. The molecule has 0 spiro atoms. The Bertz CT molecular complexity index is 2320. The minimum atomic E-state index is -5.06. The fraction of sp³-hybridized carbons (Fsp3) is 0.500. The van der Waals surface area contributed by atoms with E-state index in [4.69, 9.17) is 21.1 Å². The van der Waals surface area contributed by atoms with Crippen molar-refractivity contribution >= 4 is 40.8 Å². The largest absolute Gasteiger partial charge is 0.573 e. The van der Waals surface area contributed by atoms with Crippen molar-refractivity contribution in [3.8, 4) is 28.1 Å². The molecule has 3 amide bonds. The molecule has 2 aromatic carbocycles. The number of nitrogens with zero attached hydrogens (tertiary/aromatic N) is 5. The fourth-order valence-electron chi connectivity index (χ4n) is 8.81. The standard InChI is InChI=1S/C46H56ClF3N8O7/c1-26-19-36(58(24-26)42(60)39(55-44(62)63-6)30-13-17-64-18-14-30)40-52-23-35(53-40)29-9-7-28(8-10-29)32-20-33(47)34(21-37(32)65-46(48,49)50)54-41(59)31-11-12-38(51-22-31)57-16-15-56(25-27(57)2)43(61)45(3,4)5/h7-12,20-23,26-27,30,36,39,44,55,62H,13-19,24-25H2,1-6H3,(H,52,53)(H,54,59)/t26-,27+,36-,39-,44?/m0/s1. The van der Waals surface area contributed by atoms with Crippen LogP contribution >= 0.6 is 11.6 Å². The number of anilines is 2. The summed E-state index contributed by atoms with van der Waals surface area (Å²) in [6.45, 7) is 12.9. The molecule has 2 aromatic heterocycles. The number of likely N-dealkylation sites (tertiary alicyclic amines) is 1. The highest BCUT2D eigenvalue weighted by molar-refractivity contribution is 6.34.